The van der Waals surface area contributed by atoms with E-state index in [-0.39, 0.29) is 0 Å². The summed E-state index contributed by atoms with van der Waals surface area (Å²) >= 11 is 0. The van der Waals surface area contributed by atoms with Gasteiger partial charge in [0, 0.05) is 12.1 Å². The molecule has 0 aromatic rings. The molecule has 2 fully saturated rings. The highest BCUT2D eigenvalue weighted by atomic mass is 15.2. The second-order valence-corrected chi connectivity index (χ2v) is 5.06. The average Bonchev–Trinajstić information content (AvgIpc) is 2.74. The van der Waals surface area contributed by atoms with Gasteiger partial charge in [-0.1, -0.05) is 39.0 Å². The Labute approximate surface area is 88.9 Å². The van der Waals surface area contributed by atoms with Crippen LogP contribution in [-0.4, -0.2) is 23.5 Å². The lowest BCUT2D eigenvalue weighted by atomic mass is 9.93. The molecule has 0 amide bonds. The lowest BCUT2D eigenvalue weighted by molar-refractivity contribution is 0.113. The summed E-state index contributed by atoms with van der Waals surface area (Å²) < 4.78 is 0. The first kappa shape index (κ1) is 10.5. The zero-order valence-corrected chi connectivity index (χ0v) is 9.67. The maximum absolute atomic E-state index is 2.83. The van der Waals surface area contributed by atoms with E-state index in [2.05, 4.69) is 11.8 Å². The first-order valence-corrected chi connectivity index (χ1v) is 6.67. The molecule has 82 valence electrons. The zero-order valence-electron chi connectivity index (χ0n) is 9.67. The van der Waals surface area contributed by atoms with Gasteiger partial charge in [0.2, 0.25) is 0 Å². The lowest BCUT2D eigenvalue weighted by Gasteiger charge is -2.37. The molecule has 0 N–H and O–H groups in total. The van der Waals surface area contributed by atoms with Gasteiger partial charge in [-0.3, -0.25) is 4.90 Å². The molecule has 0 heterocycles. The van der Waals surface area contributed by atoms with Crippen LogP contribution in [0, 0.1) is 0 Å². The van der Waals surface area contributed by atoms with Crippen molar-refractivity contribution >= 4 is 0 Å². The molecule has 0 unspecified atom stereocenters. The van der Waals surface area contributed by atoms with Gasteiger partial charge in [-0.2, -0.15) is 0 Å². The van der Waals surface area contributed by atoms with Crippen LogP contribution in [0.25, 0.3) is 0 Å². The van der Waals surface area contributed by atoms with E-state index in [1.807, 2.05) is 0 Å². The second kappa shape index (κ2) is 5.16. The van der Waals surface area contributed by atoms with Crippen molar-refractivity contribution in [2.75, 3.05) is 6.54 Å². The van der Waals surface area contributed by atoms with Crippen molar-refractivity contribution in [3.63, 3.8) is 0 Å². The number of nitrogens with zero attached hydrogens (tertiary/aromatic N) is 1. The maximum atomic E-state index is 2.83. The molecular formula is C13H25N. The van der Waals surface area contributed by atoms with Gasteiger partial charge in [-0.05, 0) is 32.2 Å². The Balaban J connectivity index is 1.89. The van der Waals surface area contributed by atoms with Gasteiger partial charge < -0.3 is 0 Å². The molecule has 0 radical (unpaired) electrons. The quantitative estimate of drug-likeness (QED) is 0.665. The topological polar surface area (TPSA) is 3.24 Å². The molecule has 0 spiro atoms. The molecule has 0 aliphatic heterocycles. The minimum Gasteiger partial charge on any atom is -0.298 e. The third-order valence-electron chi connectivity index (χ3n) is 4.20. The summed E-state index contributed by atoms with van der Waals surface area (Å²) in [6.45, 7) is 3.64. The Kier molecular flexibility index (Phi) is 3.86. The van der Waals surface area contributed by atoms with E-state index in [9.17, 15) is 0 Å². The fraction of sp³-hybridized carbons (Fsp3) is 1.00. The minimum absolute atomic E-state index is 0.942. The van der Waals surface area contributed by atoms with Gasteiger partial charge in [0.25, 0.3) is 0 Å². The molecule has 14 heavy (non-hydrogen) atoms. The normalized spacial score (nSPS) is 26.1. The van der Waals surface area contributed by atoms with Gasteiger partial charge in [0.1, 0.15) is 0 Å². The van der Waals surface area contributed by atoms with Crippen LogP contribution in [0.4, 0.5) is 0 Å². The van der Waals surface area contributed by atoms with Gasteiger partial charge in [-0.15, -0.1) is 0 Å². The van der Waals surface area contributed by atoms with Crippen LogP contribution in [0.1, 0.15) is 64.7 Å². The second-order valence-electron chi connectivity index (χ2n) is 5.06. The summed E-state index contributed by atoms with van der Waals surface area (Å²) in [6, 6.07) is 1.89. The predicted octanol–water partition coefficient (Wildman–Crippen LogP) is 3.58. The molecule has 2 aliphatic rings. The highest BCUT2D eigenvalue weighted by molar-refractivity contribution is 4.83. The molecule has 1 nitrogen and oxygen atoms in total. The lowest BCUT2D eigenvalue weighted by Crippen LogP contribution is -2.42. The van der Waals surface area contributed by atoms with E-state index in [1.165, 1.54) is 64.3 Å². The molecule has 0 atom stereocenters. The molecule has 2 rings (SSSR count). The third kappa shape index (κ3) is 2.31. The summed E-state index contributed by atoms with van der Waals surface area (Å²) in [7, 11) is 0. The molecule has 0 saturated heterocycles. The van der Waals surface area contributed by atoms with Crippen molar-refractivity contribution in [1.82, 2.24) is 4.90 Å². The summed E-state index contributed by atoms with van der Waals surface area (Å²) in [5.74, 6) is 0. The Hall–Kier alpha value is -0.0400. The van der Waals surface area contributed by atoms with E-state index in [1.54, 1.807) is 0 Å². The SMILES string of the molecule is CCN(C1CCCCC1)C1CCCC1. The van der Waals surface area contributed by atoms with Gasteiger partial charge in [-0.25, -0.2) is 0 Å². The Morgan fingerprint density at radius 3 is 1.64 bits per heavy atom. The smallest absolute Gasteiger partial charge is 0.00980 e. The van der Waals surface area contributed by atoms with Crippen LogP contribution in [-0.2, 0) is 0 Å². The summed E-state index contributed by atoms with van der Waals surface area (Å²) in [4.78, 5) is 2.83. The molecule has 1 heteroatoms. The van der Waals surface area contributed by atoms with Crippen molar-refractivity contribution in [3.05, 3.63) is 0 Å². The van der Waals surface area contributed by atoms with Gasteiger partial charge >= 0.3 is 0 Å². The van der Waals surface area contributed by atoms with Crippen LogP contribution in [0.2, 0.25) is 0 Å². The van der Waals surface area contributed by atoms with E-state index in [0.29, 0.717) is 0 Å². The first-order valence-electron chi connectivity index (χ1n) is 6.67. The van der Waals surface area contributed by atoms with Crippen LogP contribution in [0.3, 0.4) is 0 Å². The first-order chi connectivity index (χ1) is 6.92. The Morgan fingerprint density at radius 1 is 0.786 bits per heavy atom. The highest BCUT2D eigenvalue weighted by Gasteiger charge is 2.28. The zero-order chi connectivity index (χ0) is 9.80. The van der Waals surface area contributed by atoms with Crippen molar-refractivity contribution in [2.24, 2.45) is 0 Å². The fourth-order valence-electron chi connectivity index (χ4n) is 3.46. The van der Waals surface area contributed by atoms with E-state index < -0.39 is 0 Å². The standard InChI is InChI=1S/C13H25N/c1-2-14(13-10-6-7-11-13)12-8-4-3-5-9-12/h12-13H,2-11H2,1H3. The summed E-state index contributed by atoms with van der Waals surface area (Å²) in [5.41, 5.74) is 0. The van der Waals surface area contributed by atoms with Gasteiger partial charge in [0.15, 0.2) is 0 Å². The summed E-state index contributed by atoms with van der Waals surface area (Å²) in [6.07, 6.45) is 13.3. The molecule has 0 bridgehead atoms. The average molecular weight is 195 g/mol. The molecule has 2 aliphatic carbocycles. The molecule has 0 aromatic carbocycles. The monoisotopic (exact) mass is 195 g/mol. The third-order valence-corrected chi connectivity index (χ3v) is 4.20. The fourth-order valence-corrected chi connectivity index (χ4v) is 3.46. The minimum atomic E-state index is 0.942. The van der Waals surface area contributed by atoms with E-state index >= 15 is 0 Å². The Bertz CT molecular complexity index is 155. The van der Waals surface area contributed by atoms with Crippen LogP contribution in [0.5, 0.6) is 0 Å². The van der Waals surface area contributed by atoms with Crippen molar-refractivity contribution in [1.29, 1.82) is 0 Å². The van der Waals surface area contributed by atoms with Crippen LogP contribution < -0.4 is 0 Å². The number of rotatable bonds is 3. The van der Waals surface area contributed by atoms with Crippen LogP contribution >= 0.6 is 0 Å². The summed E-state index contributed by atoms with van der Waals surface area (Å²) in [5, 5.41) is 0. The van der Waals surface area contributed by atoms with E-state index in [4.69, 9.17) is 0 Å². The number of hydrogen-bond acceptors (Lipinski definition) is 1. The van der Waals surface area contributed by atoms with Crippen molar-refractivity contribution < 1.29 is 0 Å². The maximum Gasteiger partial charge on any atom is 0.00980 e. The highest BCUT2D eigenvalue weighted by Crippen LogP contribution is 2.30. The predicted molar refractivity (Wildman–Crippen MR) is 61.5 cm³/mol. The Morgan fingerprint density at radius 2 is 1.21 bits per heavy atom. The molecular weight excluding hydrogens is 170 g/mol. The molecule has 0 aromatic heterocycles. The largest absolute Gasteiger partial charge is 0.298 e. The van der Waals surface area contributed by atoms with Gasteiger partial charge in [0.05, 0.1) is 0 Å². The molecule has 2 saturated carbocycles. The van der Waals surface area contributed by atoms with Crippen molar-refractivity contribution in [2.45, 2.75) is 76.8 Å². The van der Waals surface area contributed by atoms with Crippen molar-refractivity contribution in [3.8, 4) is 0 Å². The van der Waals surface area contributed by atoms with Crippen LogP contribution in [0.15, 0.2) is 0 Å². The van der Waals surface area contributed by atoms with E-state index in [0.717, 1.165) is 12.1 Å². The number of hydrogen-bond donors (Lipinski definition) is 0.